The zero-order valence-electron chi connectivity index (χ0n) is 14.1. The Balaban J connectivity index is 1.93. The van der Waals surface area contributed by atoms with Crippen molar-refractivity contribution in [1.82, 2.24) is 0 Å². The lowest BCUT2D eigenvalue weighted by atomic mass is 9.84. The molecule has 1 aromatic heterocycles. The molecule has 1 atom stereocenters. The second-order valence-electron chi connectivity index (χ2n) is 5.99. The van der Waals surface area contributed by atoms with E-state index in [1.807, 2.05) is 19.9 Å². The molecule has 0 fully saturated rings. The minimum absolute atomic E-state index is 0.191. The van der Waals surface area contributed by atoms with Crippen LogP contribution in [-0.4, -0.2) is 16.8 Å². The van der Waals surface area contributed by atoms with E-state index in [1.165, 1.54) is 29.2 Å². The van der Waals surface area contributed by atoms with Crippen LogP contribution in [0.15, 0.2) is 35.3 Å². The topological polar surface area (TPSA) is 67.5 Å². The Kier molecular flexibility index (Phi) is 5.15. The molecule has 25 heavy (non-hydrogen) atoms. The molecular weight excluding hydrogens is 357 g/mol. The highest BCUT2D eigenvalue weighted by atomic mass is 32.2. The molecule has 2 heterocycles. The van der Waals surface area contributed by atoms with E-state index in [1.54, 1.807) is 18.2 Å². The number of hydrogen-bond acceptors (Lipinski definition) is 5. The fourth-order valence-electron chi connectivity index (χ4n) is 2.97. The molecule has 0 saturated heterocycles. The minimum atomic E-state index is -0.667. The number of nitrogens with two attached hydrogens (primary N) is 1. The van der Waals surface area contributed by atoms with Gasteiger partial charge in [0.2, 0.25) is 0 Å². The normalized spacial score (nSPS) is 20.2. The Labute approximate surface area is 154 Å². The molecule has 1 aliphatic rings. The number of amidine groups is 1. The summed E-state index contributed by atoms with van der Waals surface area (Å²) >= 11 is 2.91. The van der Waals surface area contributed by atoms with E-state index < -0.39 is 5.54 Å². The summed E-state index contributed by atoms with van der Waals surface area (Å²) in [5.74, 6) is 0.284. The number of aryl methyl sites for hydroxylation is 1. The first-order valence-corrected chi connectivity index (χ1v) is 9.90. The largest absolute Gasteiger partial charge is 0.379 e. The number of hydrogen-bond donors (Lipinski definition) is 2. The first kappa shape index (κ1) is 17.9. The average Bonchev–Trinajstić information content (AvgIpc) is 3.03. The third kappa shape index (κ3) is 3.72. The summed E-state index contributed by atoms with van der Waals surface area (Å²) in [4.78, 5) is 18.6. The van der Waals surface area contributed by atoms with Gasteiger partial charge in [-0.2, -0.15) is 0 Å². The van der Waals surface area contributed by atoms with Crippen LogP contribution in [0.5, 0.6) is 0 Å². The predicted molar refractivity (Wildman–Crippen MR) is 104 cm³/mol. The number of anilines is 1. The van der Waals surface area contributed by atoms with Crippen molar-refractivity contribution in [3.8, 4) is 0 Å². The molecule has 1 unspecified atom stereocenters. The van der Waals surface area contributed by atoms with Gasteiger partial charge in [-0.15, -0.1) is 11.3 Å². The van der Waals surface area contributed by atoms with Gasteiger partial charge in [0.25, 0.3) is 5.91 Å². The van der Waals surface area contributed by atoms with Crippen LogP contribution in [0, 0.1) is 12.7 Å². The number of benzene rings is 1. The number of nitrogens with one attached hydrogen (secondary N) is 1. The van der Waals surface area contributed by atoms with Crippen LogP contribution in [0.3, 0.4) is 0 Å². The molecule has 4 nitrogen and oxygen atoms in total. The van der Waals surface area contributed by atoms with Gasteiger partial charge >= 0.3 is 0 Å². The van der Waals surface area contributed by atoms with E-state index >= 15 is 0 Å². The molecule has 0 spiro atoms. The van der Waals surface area contributed by atoms with Gasteiger partial charge in [0.1, 0.15) is 5.82 Å². The maximum Gasteiger partial charge on any atom is 0.265 e. The van der Waals surface area contributed by atoms with Gasteiger partial charge in [-0.05, 0) is 50.1 Å². The van der Waals surface area contributed by atoms with Crippen LogP contribution in [-0.2, 0) is 5.54 Å². The van der Waals surface area contributed by atoms with E-state index in [0.717, 1.165) is 10.6 Å². The lowest BCUT2D eigenvalue weighted by Crippen LogP contribution is -2.32. The summed E-state index contributed by atoms with van der Waals surface area (Å²) in [5.41, 5.74) is 6.27. The van der Waals surface area contributed by atoms with Gasteiger partial charge in [-0.25, -0.2) is 4.39 Å². The fraction of sp³-hybridized carbons (Fsp3) is 0.333. The minimum Gasteiger partial charge on any atom is -0.379 e. The Morgan fingerprint density at radius 3 is 2.84 bits per heavy atom. The monoisotopic (exact) mass is 377 g/mol. The number of thiophene rings is 1. The van der Waals surface area contributed by atoms with Gasteiger partial charge < -0.3 is 11.1 Å². The Bertz CT molecular complexity index is 833. The highest BCUT2D eigenvalue weighted by molar-refractivity contribution is 8.13. The number of carbonyl (C=O) groups excluding carboxylic acids is 1. The average molecular weight is 378 g/mol. The summed E-state index contributed by atoms with van der Waals surface area (Å²) in [6, 6.07) is 8.33. The van der Waals surface area contributed by atoms with Crippen molar-refractivity contribution in [3.05, 3.63) is 51.5 Å². The summed E-state index contributed by atoms with van der Waals surface area (Å²) in [7, 11) is 0. The van der Waals surface area contributed by atoms with Crippen molar-refractivity contribution >= 4 is 39.9 Å². The van der Waals surface area contributed by atoms with Gasteiger partial charge in [0.15, 0.2) is 5.17 Å². The molecule has 3 N–H and O–H groups in total. The third-order valence-electron chi connectivity index (χ3n) is 4.36. The van der Waals surface area contributed by atoms with Gasteiger partial charge in [0.05, 0.1) is 10.4 Å². The maximum absolute atomic E-state index is 14.5. The molecule has 1 aromatic carbocycles. The van der Waals surface area contributed by atoms with Crippen molar-refractivity contribution < 1.29 is 9.18 Å². The number of amides is 1. The number of carbonyl (C=O) groups is 1. The number of nitrogens with zero attached hydrogens (tertiary/aromatic N) is 1. The summed E-state index contributed by atoms with van der Waals surface area (Å²) < 4.78 is 14.5. The first-order chi connectivity index (χ1) is 11.9. The van der Waals surface area contributed by atoms with E-state index in [0.29, 0.717) is 34.1 Å². The zero-order chi connectivity index (χ0) is 18.0. The van der Waals surface area contributed by atoms with E-state index in [-0.39, 0.29) is 11.7 Å². The maximum atomic E-state index is 14.5. The van der Waals surface area contributed by atoms with Crippen molar-refractivity contribution in [2.45, 2.75) is 32.2 Å². The van der Waals surface area contributed by atoms with Crippen molar-refractivity contribution in [1.29, 1.82) is 0 Å². The number of halogens is 1. The number of aliphatic imine (C=N–C) groups is 1. The van der Waals surface area contributed by atoms with Gasteiger partial charge in [0, 0.05) is 21.9 Å². The highest BCUT2D eigenvalue weighted by Gasteiger charge is 2.35. The van der Waals surface area contributed by atoms with E-state index in [9.17, 15) is 9.18 Å². The predicted octanol–water partition coefficient (Wildman–Crippen LogP) is 4.50. The van der Waals surface area contributed by atoms with Gasteiger partial charge in [-0.1, -0.05) is 18.7 Å². The molecule has 1 amide bonds. The first-order valence-electron chi connectivity index (χ1n) is 8.09. The lowest BCUT2D eigenvalue weighted by Gasteiger charge is -2.33. The van der Waals surface area contributed by atoms with Crippen molar-refractivity contribution in [2.24, 2.45) is 10.7 Å². The molecule has 132 valence electrons. The standard InChI is InChI=1S/C18H20FN3OS2/c1-3-18(8-9-24-17(20)22-18)13-10-12(5-6-14(13)19)21-16(23)15-7-4-11(2)25-15/h4-7,10H,3,8-9H2,1-2H3,(H2,20,22)(H,21,23). The van der Waals surface area contributed by atoms with Crippen LogP contribution >= 0.6 is 23.1 Å². The molecule has 3 rings (SSSR count). The smallest absolute Gasteiger partial charge is 0.265 e. The second-order valence-corrected chi connectivity index (χ2v) is 8.40. The zero-order valence-corrected chi connectivity index (χ0v) is 15.8. The molecule has 2 aromatic rings. The van der Waals surface area contributed by atoms with Crippen LogP contribution < -0.4 is 11.1 Å². The molecule has 0 radical (unpaired) electrons. The lowest BCUT2D eigenvalue weighted by molar-refractivity contribution is 0.103. The third-order valence-corrected chi connectivity index (χ3v) is 6.16. The van der Waals surface area contributed by atoms with Crippen molar-refractivity contribution in [2.75, 3.05) is 11.1 Å². The summed E-state index contributed by atoms with van der Waals surface area (Å²) in [6.45, 7) is 3.93. The molecular formula is C18H20FN3OS2. The van der Waals surface area contributed by atoms with Crippen LogP contribution in [0.25, 0.3) is 0 Å². The van der Waals surface area contributed by atoms with Crippen LogP contribution in [0.4, 0.5) is 10.1 Å². The van der Waals surface area contributed by atoms with Crippen LogP contribution in [0.1, 0.15) is 39.9 Å². The molecule has 0 aliphatic carbocycles. The van der Waals surface area contributed by atoms with E-state index in [4.69, 9.17) is 5.73 Å². The SMILES string of the molecule is CCC1(c2cc(NC(=O)c3ccc(C)s3)ccc2F)CCSC(N)=N1. The highest BCUT2D eigenvalue weighted by Crippen LogP contribution is 2.40. The van der Waals surface area contributed by atoms with Gasteiger partial charge in [-0.3, -0.25) is 9.79 Å². The summed E-state index contributed by atoms with van der Waals surface area (Å²) in [5, 5.41) is 3.33. The molecule has 1 aliphatic heterocycles. The Morgan fingerprint density at radius 1 is 1.40 bits per heavy atom. The van der Waals surface area contributed by atoms with Crippen molar-refractivity contribution in [3.63, 3.8) is 0 Å². The Hall–Kier alpha value is -1.86. The Morgan fingerprint density at radius 2 is 2.20 bits per heavy atom. The second kappa shape index (κ2) is 7.17. The molecule has 7 heteroatoms. The number of rotatable bonds is 4. The summed E-state index contributed by atoms with van der Waals surface area (Å²) in [6.07, 6.45) is 1.36. The molecule has 0 saturated carbocycles. The molecule has 0 bridgehead atoms. The quantitative estimate of drug-likeness (QED) is 0.824. The fourth-order valence-corrected chi connectivity index (χ4v) is 4.62. The number of thioether (sulfide) groups is 1. The van der Waals surface area contributed by atoms with E-state index in [2.05, 4.69) is 10.3 Å². The van der Waals surface area contributed by atoms with Crippen LogP contribution in [0.2, 0.25) is 0 Å².